The molecule has 1 aromatic rings. The summed E-state index contributed by atoms with van der Waals surface area (Å²) in [4.78, 5) is 12.1. The number of benzene rings is 1. The number of aryl methyl sites for hydroxylation is 1. The molecule has 0 spiro atoms. The molecule has 0 amide bonds. The third-order valence-corrected chi connectivity index (χ3v) is 3.84. The van der Waals surface area contributed by atoms with Crippen LogP contribution in [0.15, 0.2) is 12.1 Å². The van der Waals surface area contributed by atoms with Crippen molar-refractivity contribution in [2.24, 2.45) is 5.92 Å². The Morgan fingerprint density at radius 1 is 1.13 bits per heavy atom. The molecule has 1 atom stereocenters. The van der Waals surface area contributed by atoms with Gasteiger partial charge in [0.25, 0.3) is 0 Å². The average molecular weight is 200 g/mol. The van der Waals surface area contributed by atoms with E-state index in [0.29, 0.717) is 5.78 Å². The van der Waals surface area contributed by atoms with Gasteiger partial charge in [-0.3, -0.25) is 4.79 Å². The number of Topliss-reactive ketones (excluding diaryl/α,β-unsaturated/α-hetero) is 1. The molecule has 0 fully saturated rings. The van der Waals surface area contributed by atoms with E-state index in [1.165, 1.54) is 36.0 Å². The fourth-order valence-corrected chi connectivity index (χ4v) is 3.02. The van der Waals surface area contributed by atoms with Crippen molar-refractivity contribution < 1.29 is 4.79 Å². The average Bonchev–Trinajstić information content (AvgIpc) is 2.55. The maximum atomic E-state index is 12.1. The Bertz CT molecular complexity index is 431. The number of carbonyl (C=O) groups is 1. The molecule has 2 aliphatic rings. The van der Waals surface area contributed by atoms with Crippen molar-refractivity contribution in [3.05, 3.63) is 34.4 Å². The lowest BCUT2D eigenvalue weighted by Gasteiger charge is -2.18. The van der Waals surface area contributed by atoms with Gasteiger partial charge in [-0.15, -0.1) is 0 Å². The van der Waals surface area contributed by atoms with E-state index >= 15 is 0 Å². The Kier molecular flexibility index (Phi) is 1.95. The zero-order valence-electron chi connectivity index (χ0n) is 9.18. The van der Waals surface area contributed by atoms with Gasteiger partial charge in [0.15, 0.2) is 5.78 Å². The molecule has 1 unspecified atom stereocenters. The normalized spacial score (nSPS) is 23.8. The second-order valence-electron chi connectivity index (χ2n) is 4.91. The largest absolute Gasteiger partial charge is 0.294 e. The van der Waals surface area contributed by atoms with Crippen molar-refractivity contribution in [1.29, 1.82) is 0 Å². The molecule has 0 radical (unpaired) electrons. The van der Waals surface area contributed by atoms with Crippen LogP contribution in [0.25, 0.3) is 0 Å². The maximum absolute atomic E-state index is 12.1. The van der Waals surface area contributed by atoms with Crippen LogP contribution < -0.4 is 0 Å². The Morgan fingerprint density at radius 2 is 1.87 bits per heavy atom. The molecule has 0 saturated carbocycles. The molecule has 1 heteroatoms. The van der Waals surface area contributed by atoms with E-state index in [4.69, 9.17) is 0 Å². The maximum Gasteiger partial charge on any atom is 0.166 e. The number of rotatable bonds is 0. The highest BCUT2D eigenvalue weighted by atomic mass is 16.1. The van der Waals surface area contributed by atoms with Crippen LogP contribution in [0.4, 0.5) is 0 Å². The minimum Gasteiger partial charge on any atom is -0.294 e. The molecule has 1 aromatic carbocycles. The van der Waals surface area contributed by atoms with Crippen molar-refractivity contribution in [2.75, 3.05) is 0 Å². The fourth-order valence-electron chi connectivity index (χ4n) is 3.02. The number of hydrogen-bond acceptors (Lipinski definition) is 1. The van der Waals surface area contributed by atoms with E-state index in [-0.39, 0.29) is 5.92 Å². The first kappa shape index (κ1) is 9.14. The highest BCUT2D eigenvalue weighted by Crippen LogP contribution is 2.34. The topological polar surface area (TPSA) is 17.1 Å². The first-order valence-electron chi connectivity index (χ1n) is 5.95. The van der Waals surface area contributed by atoms with Gasteiger partial charge < -0.3 is 0 Å². The third kappa shape index (κ3) is 1.26. The predicted molar refractivity (Wildman–Crippen MR) is 60.3 cm³/mol. The second-order valence-corrected chi connectivity index (χ2v) is 4.91. The lowest BCUT2D eigenvalue weighted by Crippen LogP contribution is -2.11. The Labute approximate surface area is 90.5 Å². The Morgan fingerprint density at radius 3 is 2.73 bits per heavy atom. The standard InChI is InChI=1S/C14H16O/c1-9-8-11-7-6-10-4-2-3-5-12(10)13(11)14(9)15/h6-7,9H,2-5,8H2,1H3. The van der Waals surface area contributed by atoms with Crippen LogP contribution in [0.1, 0.15) is 46.8 Å². The van der Waals surface area contributed by atoms with Crippen LogP contribution in [0.3, 0.4) is 0 Å². The van der Waals surface area contributed by atoms with Gasteiger partial charge in [-0.25, -0.2) is 0 Å². The van der Waals surface area contributed by atoms with Crippen molar-refractivity contribution in [3.8, 4) is 0 Å². The molecule has 2 aliphatic carbocycles. The van der Waals surface area contributed by atoms with E-state index in [1.807, 2.05) is 0 Å². The molecule has 15 heavy (non-hydrogen) atoms. The fraction of sp³-hybridized carbons (Fsp3) is 0.500. The zero-order chi connectivity index (χ0) is 10.4. The zero-order valence-corrected chi connectivity index (χ0v) is 9.18. The van der Waals surface area contributed by atoms with Gasteiger partial charge in [0.05, 0.1) is 0 Å². The van der Waals surface area contributed by atoms with Crippen LogP contribution in [-0.4, -0.2) is 5.78 Å². The number of fused-ring (bicyclic) bond motifs is 3. The number of hydrogen-bond donors (Lipinski definition) is 0. The monoisotopic (exact) mass is 200 g/mol. The molecule has 1 nitrogen and oxygen atoms in total. The molecular formula is C14H16O. The van der Waals surface area contributed by atoms with Crippen molar-refractivity contribution >= 4 is 5.78 Å². The highest BCUT2D eigenvalue weighted by molar-refractivity contribution is 6.03. The molecule has 0 saturated heterocycles. The van der Waals surface area contributed by atoms with Gasteiger partial charge in [0, 0.05) is 11.5 Å². The smallest absolute Gasteiger partial charge is 0.166 e. The molecule has 0 bridgehead atoms. The Hall–Kier alpha value is -1.11. The molecular weight excluding hydrogens is 184 g/mol. The quantitative estimate of drug-likeness (QED) is 0.629. The summed E-state index contributed by atoms with van der Waals surface area (Å²) in [6.07, 6.45) is 5.79. The van der Waals surface area contributed by atoms with E-state index in [2.05, 4.69) is 19.1 Å². The lowest BCUT2D eigenvalue weighted by atomic mass is 9.86. The summed E-state index contributed by atoms with van der Waals surface area (Å²) in [7, 11) is 0. The second kappa shape index (κ2) is 3.19. The molecule has 0 N–H and O–H groups in total. The summed E-state index contributed by atoms with van der Waals surface area (Å²) in [6, 6.07) is 4.43. The van der Waals surface area contributed by atoms with Crippen LogP contribution >= 0.6 is 0 Å². The predicted octanol–water partition coefficient (Wildman–Crippen LogP) is 2.94. The number of carbonyl (C=O) groups excluding carboxylic acids is 1. The van der Waals surface area contributed by atoms with Gasteiger partial charge in [0.2, 0.25) is 0 Å². The molecule has 3 rings (SSSR count). The summed E-state index contributed by atoms with van der Waals surface area (Å²) in [5.74, 6) is 0.608. The van der Waals surface area contributed by atoms with Crippen LogP contribution in [0, 0.1) is 5.92 Å². The van der Waals surface area contributed by atoms with Gasteiger partial charge in [0.1, 0.15) is 0 Å². The summed E-state index contributed by atoms with van der Waals surface area (Å²) >= 11 is 0. The first-order chi connectivity index (χ1) is 7.27. The Balaban J connectivity index is 2.20. The summed E-state index contributed by atoms with van der Waals surface area (Å²) < 4.78 is 0. The van der Waals surface area contributed by atoms with E-state index < -0.39 is 0 Å². The third-order valence-electron chi connectivity index (χ3n) is 3.84. The molecule has 0 aromatic heterocycles. The SMILES string of the molecule is CC1Cc2ccc3c(c2C1=O)CCCC3. The summed E-state index contributed by atoms with van der Waals surface area (Å²) in [5, 5.41) is 0. The molecule has 78 valence electrons. The van der Waals surface area contributed by atoms with E-state index in [0.717, 1.165) is 18.4 Å². The van der Waals surface area contributed by atoms with Gasteiger partial charge >= 0.3 is 0 Å². The van der Waals surface area contributed by atoms with Crippen molar-refractivity contribution in [1.82, 2.24) is 0 Å². The summed E-state index contributed by atoms with van der Waals surface area (Å²) in [6.45, 7) is 2.05. The van der Waals surface area contributed by atoms with Gasteiger partial charge in [-0.2, -0.15) is 0 Å². The minimum atomic E-state index is 0.216. The van der Waals surface area contributed by atoms with Crippen molar-refractivity contribution in [3.63, 3.8) is 0 Å². The number of ketones is 1. The van der Waals surface area contributed by atoms with Gasteiger partial charge in [-0.1, -0.05) is 19.1 Å². The van der Waals surface area contributed by atoms with E-state index in [1.54, 1.807) is 0 Å². The highest BCUT2D eigenvalue weighted by Gasteiger charge is 2.30. The lowest BCUT2D eigenvalue weighted by molar-refractivity contribution is 0.0945. The van der Waals surface area contributed by atoms with Crippen LogP contribution in [0.5, 0.6) is 0 Å². The molecule has 0 heterocycles. The van der Waals surface area contributed by atoms with Crippen molar-refractivity contribution in [2.45, 2.75) is 39.0 Å². The first-order valence-corrected chi connectivity index (χ1v) is 5.95. The van der Waals surface area contributed by atoms with E-state index in [9.17, 15) is 4.79 Å². The minimum absolute atomic E-state index is 0.216. The molecule has 0 aliphatic heterocycles. The van der Waals surface area contributed by atoms with Gasteiger partial charge in [-0.05, 0) is 48.8 Å². The van der Waals surface area contributed by atoms with Crippen LogP contribution in [-0.2, 0) is 19.3 Å². The van der Waals surface area contributed by atoms with Crippen LogP contribution in [0.2, 0.25) is 0 Å². The summed E-state index contributed by atoms with van der Waals surface area (Å²) in [5.41, 5.74) is 5.21.